The molecule has 0 saturated carbocycles. The van der Waals surface area contributed by atoms with E-state index in [-0.39, 0.29) is 15.7 Å². The molecule has 2 amide bonds. The number of hydrogen-bond acceptors (Lipinski definition) is 5. The second-order valence-electron chi connectivity index (χ2n) is 7.00. The molecule has 0 spiro atoms. The first kappa shape index (κ1) is 21.5. The van der Waals surface area contributed by atoms with E-state index < -0.39 is 22.0 Å². The molecular formula is C20H25N3O4S2. The van der Waals surface area contributed by atoms with Crippen LogP contribution in [-0.4, -0.2) is 43.7 Å². The molecule has 0 radical (unpaired) electrons. The standard InChI is InChI=1S/C20H25N3O4S2/c1-3-9-21-19(24)14(2)22-20(25)17-11-18(28-13-17)29(26,27)23-10-8-15-6-4-5-7-16(15)12-23/h4-7,11,13-14H,3,8-10,12H2,1-2H3,(H,21,24)(H,22,25). The molecule has 2 aromatic rings. The third-order valence-corrected chi connectivity index (χ3v) is 8.08. The minimum Gasteiger partial charge on any atom is -0.354 e. The van der Waals surface area contributed by atoms with Crippen molar-refractivity contribution in [3.05, 3.63) is 52.4 Å². The van der Waals surface area contributed by atoms with E-state index in [1.54, 1.807) is 6.92 Å². The van der Waals surface area contributed by atoms with Gasteiger partial charge in [-0.25, -0.2) is 8.42 Å². The van der Waals surface area contributed by atoms with Crippen molar-refractivity contribution in [1.82, 2.24) is 14.9 Å². The number of nitrogens with zero attached hydrogens (tertiary/aromatic N) is 1. The number of thiophene rings is 1. The lowest BCUT2D eigenvalue weighted by molar-refractivity contribution is -0.122. The van der Waals surface area contributed by atoms with Crippen molar-refractivity contribution >= 4 is 33.2 Å². The summed E-state index contributed by atoms with van der Waals surface area (Å²) < 4.78 is 27.6. The van der Waals surface area contributed by atoms with E-state index in [4.69, 9.17) is 0 Å². The first-order valence-electron chi connectivity index (χ1n) is 9.57. The minimum absolute atomic E-state index is 0.130. The summed E-state index contributed by atoms with van der Waals surface area (Å²) in [6, 6.07) is 8.50. The molecule has 3 rings (SSSR count). The molecule has 1 aliphatic rings. The van der Waals surface area contributed by atoms with Gasteiger partial charge in [-0.3, -0.25) is 9.59 Å². The lowest BCUT2D eigenvalue weighted by Gasteiger charge is -2.27. The molecule has 0 bridgehead atoms. The Balaban J connectivity index is 1.69. The van der Waals surface area contributed by atoms with Crippen molar-refractivity contribution in [2.45, 2.75) is 43.5 Å². The van der Waals surface area contributed by atoms with Crippen LogP contribution in [0.1, 0.15) is 41.8 Å². The average molecular weight is 436 g/mol. The molecule has 0 aliphatic carbocycles. The highest BCUT2D eigenvalue weighted by molar-refractivity contribution is 7.91. The zero-order valence-corrected chi connectivity index (χ0v) is 18.1. The first-order valence-corrected chi connectivity index (χ1v) is 11.9. The molecule has 1 aromatic carbocycles. The molecule has 1 aliphatic heterocycles. The molecule has 29 heavy (non-hydrogen) atoms. The summed E-state index contributed by atoms with van der Waals surface area (Å²) in [4.78, 5) is 24.3. The van der Waals surface area contributed by atoms with Gasteiger partial charge in [-0.1, -0.05) is 31.2 Å². The molecule has 7 nitrogen and oxygen atoms in total. The summed E-state index contributed by atoms with van der Waals surface area (Å²) in [6.45, 7) is 4.81. The number of sulfonamides is 1. The van der Waals surface area contributed by atoms with Gasteiger partial charge < -0.3 is 10.6 Å². The summed E-state index contributed by atoms with van der Waals surface area (Å²) in [6.07, 6.45) is 1.47. The Morgan fingerprint density at radius 2 is 1.97 bits per heavy atom. The minimum atomic E-state index is -3.68. The fourth-order valence-corrected chi connectivity index (χ4v) is 5.85. The molecule has 1 unspecified atom stereocenters. The highest BCUT2D eigenvalue weighted by atomic mass is 32.2. The highest BCUT2D eigenvalue weighted by Gasteiger charge is 2.30. The Labute approximate surface area is 175 Å². The maximum Gasteiger partial charge on any atom is 0.252 e. The van der Waals surface area contributed by atoms with Crippen LogP contribution in [0.15, 0.2) is 39.9 Å². The molecule has 156 valence electrons. The molecule has 1 aromatic heterocycles. The predicted molar refractivity (Wildman–Crippen MR) is 112 cm³/mol. The van der Waals surface area contributed by atoms with Gasteiger partial charge in [0, 0.05) is 25.0 Å². The first-order chi connectivity index (χ1) is 13.8. The van der Waals surface area contributed by atoms with Gasteiger partial charge in [0.15, 0.2) is 0 Å². The van der Waals surface area contributed by atoms with E-state index in [1.807, 2.05) is 31.2 Å². The normalized spacial score (nSPS) is 15.4. The molecule has 2 N–H and O–H groups in total. The van der Waals surface area contributed by atoms with Gasteiger partial charge in [0.1, 0.15) is 10.3 Å². The van der Waals surface area contributed by atoms with Crippen molar-refractivity contribution in [3.8, 4) is 0 Å². The van der Waals surface area contributed by atoms with Crippen LogP contribution in [0, 0.1) is 0 Å². The molecule has 1 atom stereocenters. The van der Waals surface area contributed by atoms with Crippen LogP contribution in [-0.2, 0) is 27.8 Å². The quantitative estimate of drug-likeness (QED) is 0.697. The van der Waals surface area contributed by atoms with Gasteiger partial charge in [0.05, 0.1) is 5.56 Å². The Bertz CT molecular complexity index is 1000. The summed E-state index contributed by atoms with van der Waals surface area (Å²) >= 11 is 1.02. The van der Waals surface area contributed by atoms with E-state index in [0.29, 0.717) is 26.1 Å². The van der Waals surface area contributed by atoms with Crippen molar-refractivity contribution < 1.29 is 18.0 Å². The maximum absolute atomic E-state index is 13.0. The number of nitrogens with one attached hydrogen (secondary N) is 2. The Morgan fingerprint density at radius 1 is 1.24 bits per heavy atom. The summed E-state index contributed by atoms with van der Waals surface area (Å²) in [7, 11) is -3.68. The fourth-order valence-electron chi connectivity index (χ4n) is 3.12. The van der Waals surface area contributed by atoms with Gasteiger partial charge in [0.25, 0.3) is 15.9 Å². The van der Waals surface area contributed by atoms with Crippen molar-refractivity contribution in [2.75, 3.05) is 13.1 Å². The lowest BCUT2D eigenvalue weighted by Crippen LogP contribution is -2.44. The predicted octanol–water partition coefficient (Wildman–Crippen LogP) is 2.14. The zero-order chi connectivity index (χ0) is 21.0. The van der Waals surface area contributed by atoms with E-state index in [2.05, 4.69) is 10.6 Å². The second-order valence-corrected chi connectivity index (χ2v) is 10.1. The van der Waals surface area contributed by atoms with Gasteiger partial charge in [-0.05, 0) is 37.0 Å². The van der Waals surface area contributed by atoms with E-state index >= 15 is 0 Å². The molecule has 9 heteroatoms. The zero-order valence-electron chi connectivity index (χ0n) is 16.5. The molecule has 2 heterocycles. The number of carbonyl (C=O) groups is 2. The maximum atomic E-state index is 13.0. The summed E-state index contributed by atoms with van der Waals surface area (Å²) in [5.74, 6) is -0.735. The Kier molecular flexibility index (Phi) is 6.71. The smallest absolute Gasteiger partial charge is 0.252 e. The van der Waals surface area contributed by atoms with Crippen LogP contribution in [0.25, 0.3) is 0 Å². The topological polar surface area (TPSA) is 95.6 Å². The van der Waals surface area contributed by atoms with Crippen LogP contribution in [0.2, 0.25) is 0 Å². The second kappa shape index (κ2) is 9.06. The number of benzene rings is 1. The number of rotatable bonds is 7. The fraction of sp³-hybridized carbons (Fsp3) is 0.400. The van der Waals surface area contributed by atoms with Crippen molar-refractivity contribution in [3.63, 3.8) is 0 Å². The van der Waals surface area contributed by atoms with Crippen LogP contribution in [0.5, 0.6) is 0 Å². The van der Waals surface area contributed by atoms with E-state index in [1.165, 1.54) is 21.3 Å². The van der Waals surface area contributed by atoms with Gasteiger partial charge >= 0.3 is 0 Å². The van der Waals surface area contributed by atoms with E-state index in [9.17, 15) is 18.0 Å². The Hall–Kier alpha value is -2.23. The highest BCUT2D eigenvalue weighted by Crippen LogP contribution is 2.28. The lowest BCUT2D eigenvalue weighted by atomic mass is 10.0. The molecule has 0 fully saturated rings. The number of amides is 2. The van der Waals surface area contributed by atoms with Crippen molar-refractivity contribution in [1.29, 1.82) is 0 Å². The SMILES string of the molecule is CCCNC(=O)C(C)NC(=O)c1csc(S(=O)(=O)N2CCc3ccccc3C2)c1. The molecule has 0 saturated heterocycles. The monoisotopic (exact) mass is 435 g/mol. The van der Waals surface area contributed by atoms with Gasteiger partial charge in [-0.2, -0.15) is 4.31 Å². The average Bonchev–Trinajstić information content (AvgIpc) is 3.22. The van der Waals surface area contributed by atoms with Crippen molar-refractivity contribution in [2.24, 2.45) is 0 Å². The number of hydrogen-bond donors (Lipinski definition) is 2. The largest absolute Gasteiger partial charge is 0.354 e. The van der Waals surface area contributed by atoms with E-state index in [0.717, 1.165) is 23.3 Å². The summed E-state index contributed by atoms with van der Waals surface area (Å²) in [5, 5.41) is 6.84. The Morgan fingerprint density at radius 3 is 2.69 bits per heavy atom. The number of fused-ring (bicyclic) bond motifs is 1. The van der Waals surface area contributed by atoms with Crippen LogP contribution in [0.4, 0.5) is 0 Å². The van der Waals surface area contributed by atoms with Gasteiger partial charge in [0.2, 0.25) is 5.91 Å². The summed E-state index contributed by atoms with van der Waals surface area (Å²) in [5.41, 5.74) is 2.41. The molecular weight excluding hydrogens is 410 g/mol. The third kappa shape index (κ3) is 4.85. The third-order valence-electron chi connectivity index (χ3n) is 4.82. The van der Waals surface area contributed by atoms with Crippen LogP contribution in [0.3, 0.4) is 0 Å². The van der Waals surface area contributed by atoms with Gasteiger partial charge in [-0.15, -0.1) is 11.3 Å². The van der Waals surface area contributed by atoms with Crippen LogP contribution < -0.4 is 10.6 Å². The number of carbonyl (C=O) groups excluding carboxylic acids is 2. The van der Waals surface area contributed by atoms with Crippen LogP contribution >= 0.6 is 11.3 Å².